The SMILES string of the molecule is Cl.Cl.NC1CC(Cn2ccnn2)C1. The maximum atomic E-state index is 5.65. The molecule has 0 aliphatic heterocycles. The Hall–Kier alpha value is -0.320. The molecule has 1 aliphatic carbocycles. The third kappa shape index (κ3) is 3.14. The average molecular weight is 225 g/mol. The van der Waals surface area contributed by atoms with E-state index in [0.29, 0.717) is 6.04 Å². The van der Waals surface area contributed by atoms with Crippen molar-refractivity contribution < 1.29 is 0 Å². The molecule has 0 radical (unpaired) electrons. The van der Waals surface area contributed by atoms with Crippen LogP contribution in [-0.2, 0) is 6.54 Å². The highest BCUT2D eigenvalue weighted by Crippen LogP contribution is 2.26. The quantitative estimate of drug-likeness (QED) is 0.812. The topological polar surface area (TPSA) is 56.7 Å². The standard InChI is InChI=1S/C7H12N4.2ClH/c8-7-3-6(4-7)5-11-2-1-9-10-11;;/h1-2,6-7H,3-5,8H2;2*1H. The molecule has 1 aromatic heterocycles. The molecule has 13 heavy (non-hydrogen) atoms. The van der Waals surface area contributed by atoms with Crippen molar-refractivity contribution in [3.8, 4) is 0 Å². The molecule has 2 N–H and O–H groups in total. The molecule has 6 heteroatoms. The van der Waals surface area contributed by atoms with E-state index in [1.165, 1.54) is 0 Å². The van der Waals surface area contributed by atoms with Crippen molar-refractivity contribution in [2.45, 2.75) is 25.4 Å². The fraction of sp³-hybridized carbons (Fsp3) is 0.714. The minimum atomic E-state index is 0. The van der Waals surface area contributed by atoms with Gasteiger partial charge < -0.3 is 5.73 Å². The van der Waals surface area contributed by atoms with Crippen LogP contribution in [0.15, 0.2) is 12.4 Å². The van der Waals surface area contributed by atoms with Gasteiger partial charge in [0, 0.05) is 18.8 Å². The van der Waals surface area contributed by atoms with Gasteiger partial charge in [0.15, 0.2) is 0 Å². The van der Waals surface area contributed by atoms with E-state index < -0.39 is 0 Å². The zero-order valence-corrected chi connectivity index (χ0v) is 8.80. The van der Waals surface area contributed by atoms with Crippen molar-refractivity contribution in [3.63, 3.8) is 0 Å². The molecule has 0 saturated heterocycles. The van der Waals surface area contributed by atoms with Gasteiger partial charge in [-0.25, -0.2) is 0 Å². The number of halogens is 2. The van der Waals surface area contributed by atoms with Crippen LogP contribution in [0.25, 0.3) is 0 Å². The summed E-state index contributed by atoms with van der Waals surface area (Å²) in [6.07, 6.45) is 5.88. The summed E-state index contributed by atoms with van der Waals surface area (Å²) < 4.78 is 1.87. The molecule has 2 rings (SSSR count). The first-order valence-corrected chi connectivity index (χ1v) is 3.94. The van der Waals surface area contributed by atoms with Crippen molar-refractivity contribution in [1.82, 2.24) is 15.0 Å². The summed E-state index contributed by atoms with van der Waals surface area (Å²) in [7, 11) is 0. The van der Waals surface area contributed by atoms with Gasteiger partial charge in [-0.1, -0.05) is 5.21 Å². The lowest BCUT2D eigenvalue weighted by atomic mass is 9.81. The van der Waals surface area contributed by atoms with Gasteiger partial charge in [0.05, 0.1) is 6.20 Å². The van der Waals surface area contributed by atoms with Crippen molar-refractivity contribution in [3.05, 3.63) is 12.4 Å². The largest absolute Gasteiger partial charge is 0.328 e. The van der Waals surface area contributed by atoms with Crippen LogP contribution in [0.2, 0.25) is 0 Å². The van der Waals surface area contributed by atoms with Crippen LogP contribution in [0, 0.1) is 5.92 Å². The lowest BCUT2D eigenvalue weighted by Gasteiger charge is -2.31. The summed E-state index contributed by atoms with van der Waals surface area (Å²) in [5, 5.41) is 7.62. The second-order valence-electron chi connectivity index (χ2n) is 3.22. The summed E-state index contributed by atoms with van der Waals surface area (Å²) in [4.78, 5) is 0. The fourth-order valence-electron chi connectivity index (χ4n) is 1.53. The summed E-state index contributed by atoms with van der Waals surface area (Å²) in [5.74, 6) is 0.728. The number of hydrogen-bond donors (Lipinski definition) is 1. The fourth-order valence-corrected chi connectivity index (χ4v) is 1.53. The van der Waals surface area contributed by atoms with Gasteiger partial charge in [-0.3, -0.25) is 4.68 Å². The zero-order valence-electron chi connectivity index (χ0n) is 7.17. The Labute approximate surface area is 89.7 Å². The van der Waals surface area contributed by atoms with E-state index >= 15 is 0 Å². The summed E-state index contributed by atoms with van der Waals surface area (Å²) in [5.41, 5.74) is 5.65. The van der Waals surface area contributed by atoms with Gasteiger partial charge in [-0.2, -0.15) is 0 Å². The molecule has 1 heterocycles. The van der Waals surface area contributed by atoms with E-state index in [9.17, 15) is 0 Å². The molecule has 1 aromatic rings. The van der Waals surface area contributed by atoms with Gasteiger partial charge in [0.2, 0.25) is 0 Å². The molecular formula is C7H14Cl2N4. The van der Waals surface area contributed by atoms with E-state index in [1.807, 2.05) is 10.9 Å². The minimum absolute atomic E-state index is 0. The molecule has 0 unspecified atom stereocenters. The predicted molar refractivity (Wildman–Crippen MR) is 55.2 cm³/mol. The number of aromatic nitrogens is 3. The van der Waals surface area contributed by atoms with Crippen molar-refractivity contribution >= 4 is 24.8 Å². The molecule has 76 valence electrons. The highest BCUT2D eigenvalue weighted by molar-refractivity contribution is 5.85. The Morgan fingerprint density at radius 3 is 2.54 bits per heavy atom. The van der Waals surface area contributed by atoms with Gasteiger partial charge >= 0.3 is 0 Å². The first-order chi connectivity index (χ1) is 5.34. The average Bonchev–Trinajstić information content (AvgIpc) is 2.36. The van der Waals surface area contributed by atoms with E-state index in [4.69, 9.17) is 5.73 Å². The van der Waals surface area contributed by atoms with Gasteiger partial charge in [0.1, 0.15) is 0 Å². The Bertz CT molecular complexity index is 220. The van der Waals surface area contributed by atoms with Crippen molar-refractivity contribution in [2.24, 2.45) is 11.7 Å². The second kappa shape index (κ2) is 5.42. The molecule has 1 saturated carbocycles. The maximum absolute atomic E-state index is 5.65. The van der Waals surface area contributed by atoms with E-state index in [-0.39, 0.29) is 24.8 Å². The van der Waals surface area contributed by atoms with Crippen LogP contribution < -0.4 is 5.73 Å². The predicted octanol–water partition coefficient (Wildman–Crippen LogP) is 0.859. The highest BCUT2D eigenvalue weighted by atomic mass is 35.5. The van der Waals surface area contributed by atoms with Crippen LogP contribution in [0.3, 0.4) is 0 Å². The summed E-state index contributed by atoms with van der Waals surface area (Å²) in [6.45, 7) is 0.980. The number of hydrogen-bond acceptors (Lipinski definition) is 3. The third-order valence-corrected chi connectivity index (χ3v) is 2.19. The number of nitrogens with two attached hydrogens (primary N) is 1. The molecule has 0 spiro atoms. The summed E-state index contributed by atoms with van der Waals surface area (Å²) >= 11 is 0. The molecule has 1 fully saturated rings. The molecule has 0 amide bonds. The van der Waals surface area contributed by atoms with Crippen molar-refractivity contribution in [1.29, 1.82) is 0 Å². The van der Waals surface area contributed by atoms with Crippen LogP contribution in [0.4, 0.5) is 0 Å². The monoisotopic (exact) mass is 224 g/mol. The second-order valence-corrected chi connectivity index (χ2v) is 3.22. The normalized spacial score (nSPS) is 25.3. The molecular weight excluding hydrogens is 211 g/mol. The molecule has 4 nitrogen and oxygen atoms in total. The lowest BCUT2D eigenvalue weighted by molar-refractivity contribution is 0.225. The van der Waals surface area contributed by atoms with Crippen LogP contribution >= 0.6 is 24.8 Å². The van der Waals surface area contributed by atoms with Gasteiger partial charge in [-0.05, 0) is 18.8 Å². The lowest BCUT2D eigenvalue weighted by Crippen LogP contribution is -2.38. The maximum Gasteiger partial charge on any atom is 0.0692 e. The van der Waals surface area contributed by atoms with E-state index in [1.54, 1.807) is 6.20 Å². The zero-order chi connectivity index (χ0) is 7.68. The Balaban J connectivity index is 0.000000720. The van der Waals surface area contributed by atoms with Crippen LogP contribution in [-0.4, -0.2) is 21.0 Å². The first kappa shape index (κ1) is 12.7. The number of nitrogens with zero attached hydrogens (tertiary/aromatic N) is 3. The van der Waals surface area contributed by atoms with Crippen molar-refractivity contribution in [2.75, 3.05) is 0 Å². The minimum Gasteiger partial charge on any atom is -0.328 e. The van der Waals surface area contributed by atoms with E-state index in [2.05, 4.69) is 10.3 Å². The molecule has 1 aliphatic rings. The first-order valence-electron chi connectivity index (χ1n) is 3.94. The Morgan fingerprint density at radius 1 is 1.38 bits per heavy atom. The van der Waals surface area contributed by atoms with E-state index in [0.717, 1.165) is 25.3 Å². The van der Waals surface area contributed by atoms with Crippen LogP contribution in [0.1, 0.15) is 12.8 Å². The van der Waals surface area contributed by atoms with Gasteiger partial charge in [-0.15, -0.1) is 29.9 Å². The summed E-state index contributed by atoms with van der Waals surface area (Å²) in [6, 6.07) is 0.434. The van der Waals surface area contributed by atoms with Crippen LogP contribution in [0.5, 0.6) is 0 Å². The highest BCUT2D eigenvalue weighted by Gasteiger charge is 2.25. The molecule has 0 aromatic carbocycles. The Morgan fingerprint density at radius 2 is 2.08 bits per heavy atom. The molecule has 0 bridgehead atoms. The smallest absolute Gasteiger partial charge is 0.0692 e. The Kier molecular flexibility index (Phi) is 5.29. The van der Waals surface area contributed by atoms with Gasteiger partial charge in [0.25, 0.3) is 0 Å². The third-order valence-electron chi connectivity index (χ3n) is 2.19. The number of rotatable bonds is 2. The molecule has 0 atom stereocenters.